The van der Waals surface area contributed by atoms with Gasteiger partial charge in [-0.2, -0.15) is 0 Å². The summed E-state index contributed by atoms with van der Waals surface area (Å²) in [5, 5.41) is 0. The van der Waals surface area contributed by atoms with Crippen LogP contribution in [0.25, 0.3) is 0 Å². The van der Waals surface area contributed by atoms with E-state index in [0.29, 0.717) is 12.7 Å². The molecular weight excluding hydrogens is 153 g/mol. The van der Waals surface area contributed by atoms with Crippen LogP contribution in [0.4, 0.5) is 8.78 Å². The Morgan fingerprint density at radius 3 is 1.82 bits per heavy atom. The van der Waals surface area contributed by atoms with Crippen LogP contribution in [0.1, 0.15) is 0 Å². The smallest absolute Gasteiger partial charge is 0.410 e. The van der Waals surface area contributed by atoms with Gasteiger partial charge in [-0.1, -0.05) is 0 Å². The molecule has 5 heteroatoms. The van der Waals surface area contributed by atoms with Crippen LogP contribution in [0, 0.1) is 0 Å². The lowest BCUT2D eigenvalue weighted by Crippen LogP contribution is -2.04. The summed E-state index contributed by atoms with van der Waals surface area (Å²) < 4.78 is 31.7. The van der Waals surface area contributed by atoms with Crippen LogP contribution in [0.5, 0.6) is 0 Å². The van der Waals surface area contributed by atoms with Crippen LogP contribution in [0.3, 0.4) is 0 Å². The Hall–Kier alpha value is -0.675. The number of hydrogen-bond acceptors (Lipinski definition) is 2. The first-order valence-electron chi connectivity index (χ1n) is 2.97. The standard InChI is InChI=1S/C6H8BF2O2/c8-3-1-5-10-7-11-6-2-4-9/h1-4H,5-6H2. The van der Waals surface area contributed by atoms with Crippen molar-refractivity contribution in [1.82, 2.24) is 0 Å². The molecule has 0 unspecified atom stereocenters. The highest BCUT2D eigenvalue weighted by Crippen LogP contribution is 1.80. The van der Waals surface area contributed by atoms with E-state index in [0.717, 1.165) is 7.69 Å². The summed E-state index contributed by atoms with van der Waals surface area (Å²) in [5.74, 6) is 0. The molecule has 0 fully saturated rings. The van der Waals surface area contributed by atoms with Gasteiger partial charge in [0.25, 0.3) is 0 Å². The van der Waals surface area contributed by atoms with Gasteiger partial charge in [0, 0.05) is 0 Å². The Balaban J connectivity index is 2.90. The molecule has 0 N–H and O–H groups in total. The van der Waals surface area contributed by atoms with E-state index in [1.165, 1.54) is 12.2 Å². The zero-order chi connectivity index (χ0) is 8.36. The average Bonchev–Trinajstić information content (AvgIpc) is 2.03. The third-order valence-electron chi connectivity index (χ3n) is 0.699. The van der Waals surface area contributed by atoms with E-state index < -0.39 is 0 Å². The third kappa shape index (κ3) is 9.32. The molecule has 0 rings (SSSR count). The molecule has 0 bridgehead atoms. The van der Waals surface area contributed by atoms with E-state index >= 15 is 0 Å². The summed E-state index contributed by atoms with van der Waals surface area (Å²) >= 11 is 0. The van der Waals surface area contributed by atoms with Crippen molar-refractivity contribution < 1.29 is 18.1 Å². The van der Waals surface area contributed by atoms with Crippen molar-refractivity contribution in [2.45, 2.75) is 0 Å². The molecular formula is C6H8BF2O2. The first-order valence-corrected chi connectivity index (χ1v) is 2.97. The van der Waals surface area contributed by atoms with Gasteiger partial charge < -0.3 is 9.31 Å². The molecule has 0 aromatic carbocycles. The molecule has 0 spiro atoms. The SMILES string of the molecule is FC=CCO[B]OCC=CF. The molecule has 11 heavy (non-hydrogen) atoms. The summed E-state index contributed by atoms with van der Waals surface area (Å²) in [7, 11) is 1.03. The van der Waals surface area contributed by atoms with Crippen molar-refractivity contribution in [3.63, 3.8) is 0 Å². The fraction of sp³-hybridized carbons (Fsp3) is 0.333. The summed E-state index contributed by atoms with van der Waals surface area (Å²) in [5.41, 5.74) is 0. The molecule has 0 aromatic rings. The van der Waals surface area contributed by atoms with Gasteiger partial charge in [-0.05, 0) is 12.2 Å². The Labute approximate surface area is 64.8 Å². The second-order valence-electron chi connectivity index (χ2n) is 1.49. The molecule has 0 atom stereocenters. The first-order chi connectivity index (χ1) is 5.41. The molecule has 0 amide bonds. The molecule has 0 saturated carbocycles. The lowest BCUT2D eigenvalue weighted by atomic mass is 10.4. The van der Waals surface area contributed by atoms with E-state index in [1.54, 1.807) is 0 Å². The first kappa shape index (κ1) is 10.3. The fourth-order valence-electron chi connectivity index (χ4n) is 0.311. The number of hydrogen-bond donors (Lipinski definition) is 0. The van der Waals surface area contributed by atoms with E-state index in [2.05, 4.69) is 9.31 Å². The van der Waals surface area contributed by atoms with Crippen LogP contribution < -0.4 is 0 Å². The van der Waals surface area contributed by atoms with Crippen molar-refractivity contribution in [3.05, 3.63) is 24.8 Å². The number of rotatable bonds is 6. The van der Waals surface area contributed by atoms with Gasteiger partial charge in [0.05, 0.1) is 25.9 Å². The highest BCUT2D eigenvalue weighted by Gasteiger charge is 1.88. The lowest BCUT2D eigenvalue weighted by Gasteiger charge is -1.95. The van der Waals surface area contributed by atoms with Crippen LogP contribution >= 0.6 is 0 Å². The second-order valence-corrected chi connectivity index (χ2v) is 1.49. The Morgan fingerprint density at radius 1 is 1.00 bits per heavy atom. The van der Waals surface area contributed by atoms with Crippen LogP contribution in [-0.2, 0) is 9.31 Å². The van der Waals surface area contributed by atoms with Gasteiger partial charge in [0.15, 0.2) is 0 Å². The number of halogens is 2. The van der Waals surface area contributed by atoms with Gasteiger partial charge in [0.1, 0.15) is 0 Å². The van der Waals surface area contributed by atoms with Gasteiger partial charge in [0.2, 0.25) is 0 Å². The Bertz CT molecular complexity index is 114. The summed E-state index contributed by atoms with van der Waals surface area (Å²) in [6.45, 7) is 0.214. The van der Waals surface area contributed by atoms with Gasteiger partial charge in [-0.3, -0.25) is 0 Å². The molecule has 0 aliphatic rings. The highest BCUT2D eigenvalue weighted by atomic mass is 19.1. The molecule has 2 nitrogen and oxygen atoms in total. The summed E-state index contributed by atoms with van der Waals surface area (Å²) in [6, 6.07) is 0. The third-order valence-corrected chi connectivity index (χ3v) is 0.699. The topological polar surface area (TPSA) is 18.5 Å². The summed E-state index contributed by atoms with van der Waals surface area (Å²) in [4.78, 5) is 0. The predicted octanol–water partition coefficient (Wildman–Crippen LogP) is 1.52. The van der Waals surface area contributed by atoms with Gasteiger partial charge in [-0.15, -0.1) is 0 Å². The Kier molecular flexibility index (Phi) is 8.75. The highest BCUT2D eigenvalue weighted by molar-refractivity contribution is 6.17. The second kappa shape index (κ2) is 9.32. The monoisotopic (exact) mass is 161 g/mol. The van der Waals surface area contributed by atoms with Crippen molar-refractivity contribution in [3.8, 4) is 0 Å². The molecule has 0 heterocycles. The molecule has 0 aliphatic heterocycles. The Morgan fingerprint density at radius 2 is 1.45 bits per heavy atom. The molecule has 61 valence electrons. The maximum atomic E-state index is 11.2. The van der Waals surface area contributed by atoms with Crippen molar-refractivity contribution in [2.75, 3.05) is 13.2 Å². The van der Waals surface area contributed by atoms with Crippen molar-refractivity contribution in [2.24, 2.45) is 0 Å². The quantitative estimate of drug-likeness (QED) is 0.434. The van der Waals surface area contributed by atoms with Gasteiger partial charge in [-0.25, -0.2) is 8.78 Å². The predicted molar refractivity (Wildman–Crippen MR) is 38.2 cm³/mol. The molecule has 0 saturated heterocycles. The van der Waals surface area contributed by atoms with E-state index in [-0.39, 0.29) is 13.2 Å². The largest absolute Gasteiger partial charge is 0.488 e. The maximum Gasteiger partial charge on any atom is 0.488 e. The molecule has 0 aromatic heterocycles. The van der Waals surface area contributed by atoms with Crippen LogP contribution in [-0.4, -0.2) is 20.9 Å². The van der Waals surface area contributed by atoms with E-state index in [9.17, 15) is 8.78 Å². The molecule has 0 aliphatic carbocycles. The minimum Gasteiger partial charge on any atom is -0.410 e. The zero-order valence-corrected chi connectivity index (χ0v) is 5.87. The van der Waals surface area contributed by atoms with Gasteiger partial charge >= 0.3 is 7.69 Å². The average molecular weight is 161 g/mol. The minimum atomic E-state index is 0.107. The maximum absolute atomic E-state index is 11.2. The van der Waals surface area contributed by atoms with Crippen molar-refractivity contribution >= 4 is 7.69 Å². The van der Waals surface area contributed by atoms with Crippen LogP contribution in [0.2, 0.25) is 0 Å². The van der Waals surface area contributed by atoms with E-state index in [1.807, 2.05) is 0 Å². The van der Waals surface area contributed by atoms with E-state index in [4.69, 9.17) is 0 Å². The van der Waals surface area contributed by atoms with Crippen LogP contribution in [0.15, 0.2) is 24.8 Å². The lowest BCUT2D eigenvalue weighted by molar-refractivity contribution is 0.259. The fourth-order valence-corrected chi connectivity index (χ4v) is 0.311. The minimum absolute atomic E-state index is 0.107. The molecule has 1 radical (unpaired) electrons. The zero-order valence-electron chi connectivity index (χ0n) is 5.87. The summed E-state index contributed by atoms with van der Waals surface area (Å²) in [6.07, 6.45) is 3.08. The normalized spacial score (nSPS) is 11.5. The van der Waals surface area contributed by atoms with Crippen molar-refractivity contribution in [1.29, 1.82) is 0 Å².